The first kappa shape index (κ1) is 34.1. The van der Waals surface area contributed by atoms with E-state index in [0.717, 1.165) is 89.9 Å². The highest BCUT2D eigenvalue weighted by molar-refractivity contribution is 5.20. The minimum absolute atomic E-state index is 0.0872. The van der Waals surface area contributed by atoms with Crippen molar-refractivity contribution in [3.8, 4) is 0 Å². The third kappa shape index (κ3) is 6.06. The van der Waals surface area contributed by atoms with Crippen LogP contribution in [0.2, 0.25) is 0 Å². The molecule has 11 heteroatoms. The van der Waals surface area contributed by atoms with E-state index in [2.05, 4.69) is 6.92 Å². The fourth-order valence-corrected chi connectivity index (χ4v) is 11.3. The number of fused-ring (bicyclic) bond motifs is 6. The van der Waals surface area contributed by atoms with E-state index in [9.17, 15) is 5.11 Å². The van der Waals surface area contributed by atoms with Gasteiger partial charge in [0.1, 0.15) is 12.2 Å². The third-order valence-electron chi connectivity index (χ3n) is 13.4. The topological polar surface area (TPSA) is 128 Å². The fraction of sp³-hybridized carbons (Fsp3) is 0.973. The maximum atomic E-state index is 9.24. The maximum absolute atomic E-state index is 9.24. The van der Waals surface area contributed by atoms with E-state index < -0.39 is 0 Å². The second kappa shape index (κ2) is 13.5. The summed E-state index contributed by atoms with van der Waals surface area (Å²) in [4.78, 5) is 16.2. The van der Waals surface area contributed by atoms with Crippen LogP contribution < -0.4 is 0 Å². The van der Waals surface area contributed by atoms with Gasteiger partial charge in [-0.15, -0.1) is 0 Å². The Morgan fingerprint density at radius 1 is 0.583 bits per heavy atom. The Hall–Kier alpha value is -0.980. The van der Waals surface area contributed by atoms with Crippen molar-refractivity contribution in [1.29, 1.82) is 0 Å². The molecule has 6 saturated heterocycles. The van der Waals surface area contributed by atoms with Crippen molar-refractivity contribution in [2.45, 2.75) is 219 Å². The van der Waals surface area contributed by atoms with Crippen LogP contribution in [-0.4, -0.2) is 102 Å². The second-order valence-electron chi connectivity index (χ2n) is 16.3. The highest BCUT2D eigenvalue weighted by atomic mass is 16.8. The van der Waals surface area contributed by atoms with Gasteiger partial charge in [0.2, 0.25) is 0 Å². The first-order valence-electron chi connectivity index (χ1n) is 19.3. The number of carbonyl (C=O) groups excluding carboxylic acids is 2. The van der Waals surface area contributed by atoms with Gasteiger partial charge in [0.15, 0.2) is 11.6 Å². The number of aliphatic hydroxyl groups is 1. The lowest BCUT2D eigenvalue weighted by Crippen LogP contribution is -2.53. The fourth-order valence-electron chi connectivity index (χ4n) is 11.3. The second-order valence-corrected chi connectivity index (χ2v) is 16.3. The van der Waals surface area contributed by atoms with Crippen LogP contribution in [0.3, 0.4) is 0 Å². The minimum atomic E-state index is -0.341. The molecule has 4 spiro atoms. The average molecular weight is 677 g/mol. The van der Waals surface area contributed by atoms with E-state index in [1.165, 1.54) is 38.5 Å². The van der Waals surface area contributed by atoms with Crippen LogP contribution in [0.1, 0.15) is 135 Å². The molecule has 12 atom stereocenters. The summed E-state index contributed by atoms with van der Waals surface area (Å²) in [5.74, 6) is -0.640. The molecule has 4 aliphatic carbocycles. The van der Waals surface area contributed by atoms with Crippen LogP contribution >= 0.6 is 0 Å². The highest BCUT2D eigenvalue weighted by Gasteiger charge is 2.66. The summed E-state index contributed by atoms with van der Waals surface area (Å²) in [5, 5.41) is 9.24. The van der Waals surface area contributed by atoms with Crippen LogP contribution in [0.25, 0.3) is 0 Å². The number of hydrogen-bond acceptors (Lipinski definition) is 11. The quantitative estimate of drug-likeness (QED) is 0.433. The predicted molar refractivity (Wildman–Crippen MR) is 168 cm³/mol. The van der Waals surface area contributed by atoms with E-state index in [0.29, 0.717) is 6.10 Å². The van der Waals surface area contributed by atoms with Crippen molar-refractivity contribution in [3.63, 3.8) is 0 Å². The van der Waals surface area contributed by atoms with E-state index >= 15 is 0 Å². The van der Waals surface area contributed by atoms with Crippen molar-refractivity contribution in [2.75, 3.05) is 6.61 Å². The van der Waals surface area contributed by atoms with E-state index in [4.69, 9.17) is 47.5 Å². The number of ether oxygens (including phenoxy) is 8. The Morgan fingerprint density at radius 3 is 1.48 bits per heavy atom. The molecule has 10 fully saturated rings. The van der Waals surface area contributed by atoms with Crippen molar-refractivity contribution in [3.05, 3.63) is 0 Å². The summed E-state index contributed by atoms with van der Waals surface area (Å²) in [6, 6.07) is 0. The molecule has 0 aromatic heterocycles. The van der Waals surface area contributed by atoms with Gasteiger partial charge in [0, 0.05) is 58.0 Å². The monoisotopic (exact) mass is 676 g/mol. The molecule has 2 unspecified atom stereocenters. The molecule has 1 N–H and O–H groups in total. The molecular formula is C37H56O11. The van der Waals surface area contributed by atoms with Crippen molar-refractivity contribution >= 4 is 6.15 Å². The molecule has 0 amide bonds. The Kier molecular flexibility index (Phi) is 9.62. The zero-order valence-electron chi connectivity index (χ0n) is 28.7. The smallest absolute Gasteiger partial charge is 0.373 e. The van der Waals surface area contributed by atoms with Crippen molar-refractivity contribution in [2.24, 2.45) is 0 Å². The summed E-state index contributed by atoms with van der Waals surface area (Å²) >= 11 is 0. The molecular weight excluding hydrogens is 620 g/mol. The van der Waals surface area contributed by atoms with Crippen LogP contribution in [-0.2, 0) is 47.5 Å². The molecule has 10 aliphatic rings. The van der Waals surface area contributed by atoms with Gasteiger partial charge in [-0.2, -0.15) is 9.59 Å². The first-order chi connectivity index (χ1) is 23.4. The van der Waals surface area contributed by atoms with Gasteiger partial charge in [0.25, 0.3) is 0 Å². The van der Waals surface area contributed by atoms with Gasteiger partial charge in [-0.3, -0.25) is 0 Å². The summed E-state index contributed by atoms with van der Waals surface area (Å²) in [6.07, 6.45) is 23.7. The number of hydrogen-bond donors (Lipinski definition) is 1. The standard InChI is InChI=1S/C18H28O5.C18H28O4.CO2/c19-9-6-12-4-5-15-17(21-12)10-13(20-15)16-14(11-17)22-18(23-16)7-2-1-3-8-18;1-2-12-6-7-15-17(20-12)10-13(19-15)16-14(11-17)21-18(22-16)8-4-3-5-9-18;2-1-3/h12-16,19H,1-11H2;12-16H,2-11H2,1H3;/t12-,13-,14-,15+,16?,17-;12-,13+,14+,15-,16?,17+;/m10./s1. The summed E-state index contributed by atoms with van der Waals surface area (Å²) in [5.41, 5.74) is -0.290. The lowest BCUT2D eigenvalue weighted by atomic mass is 9.76. The molecule has 0 aromatic rings. The van der Waals surface area contributed by atoms with Gasteiger partial charge in [0.05, 0.1) is 60.0 Å². The molecule has 0 radical (unpaired) electrons. The van der Waals surface area contributed by atoms with Crippen LogP contribution in [0, 0.1) is 0 Å². The van der Waals surface area contributed by atoms with E-state index in [-0.39, 0.29) is 90.5 Å². The van der Waals surface area contributed by atoms with Crippen molar-refractivity contribution in [1.82, 2.24) is 0 Å². The summed E-state index contributed by atoms with van der Waals surface area (Å²) in [6.45, 7) is 2.43. The number of aliphatic hydroxyl groups excluding tert-OH is 1. The molecule has 6 aliphatic heterocycles. The lowest BCUT2D eigenvalue weighted by molar-refractivity contribution is -0.216. The molecule has 4 saturated carbocycles. The largest absolute Gasteiger partial charge is 0.396 e. The third-order valence-corrected chi connectivity index (χ3v) is 13.4. The molecule has 11 nitrogen and oxygen atoms in total. The van der Waals surface area contributed by atoms with Gasteiger partial charge < -0.3 is 43.0 Å². The molecule has 270 valence electrons. The lowest BCUT2D eigenvalue weighted by Gasteiger charge is -2.44. The van der Waals surface area contributed by atoms with Crippen LogP contribution in [0.5, 0.6) is 0 Å². The zero-order chi connectivity index (χ0) is 33.0. The molecule has 48 heavy (non-hydrogen) atoms. The van der Waals surface area contributed by atoms with E-state index in [1.54, 1.807) is 0 Å². The summed E-state index contributed by atoms with van der Waals surface area (Å²) < 4.78 is 51.7. The van der Waals surface area contributed by atoms with Crippen LogP contribution in [0.15, 0.2) is 0 Å². The first-order valence-corrected chi connectivity index (χ1v) is 19.3. The van der Waals surface area contributed by atoms with Gasteiger partial charge in [-0.1, -0.05) is 19.8 Å². The Bertz CT molecular complexity index is 1160. The highest BCUT2D eigenvalue weighted by Crippen LogP contribution is 2.57. The SMILES string of the molecule is CC[C@H]1CC[C@@H]2O[C@@H]3C[C@]2(C[C@H]2OC4(CCCCC4)OC32)O1.O=C=O.OCC[C@H]1CC[C@@H]2O[C@@H]3C[C@]2(C[C@H]2OC4(CCCCC4)OC32)O1. The van der Waals surface area contributed by atoms with Crippen molar-refractivity contribution < 1.29 is 52.6 Å². The zero-order valence-corrected chi connectivity index (χ0v) is 28.7. The van der Waals surface area contributed by atoms with Crippen LogP contribution in [0.4, 0.5) is 0 Å². The predicted octanol–water partition coefficient (Wildman–Crippen LogP) is 5.03. The molecule has 6 heterocycles. The molecule has 4 bridgehead atoms. The average Bonchev–Trinajstić information content (AvgIpc) is 3.80. The normalized spacial score (nSPS) is 48.5. The maximum Gasteiger partial charge on any atom is 0.373 e. The van der Waals surface area contributed by atoms with E-state index in [1.807, 2.05) is 0 Å². The Morgan fingerprint density at radius 2 is 1.02 bits per heavy atom. The summed E-state index contributed by atoms with van der Waals surface area (Å²) in [7, 11) is 0. The minimum Gasteiger partial charge on any atom is -0.396 e. The Labute approximate surface area is 284 Å². The molecule has 10 rings (SSSR count). The van der Waals surface area contributed by atoms with Gasteiger partial charge >= 0.3 is 6.15 Å². The number of rotatable bonds is 3. The Balaban J connectivity index is 0.000000130. The van der Waals surface area contributed by atoms with Gasteiger partial charge in [-0.05, 0) is 64.2 Å². The van der Waals surface area contributed by atoms with Gasteiger partial charge in [-0.25, -0.2) is 0 Å². The molecule has 0 aromatic carbocycles.